The molecule has 0 spiro atoms. The van der Waals surface area contributed by atoms with Crippen molar-refractivity contribution in [1.82, 2.24) is 10.6 Å². The Morgan fingerprint density at radius 3 is 2.53 bits per heavy atom. The van der Waals surface area contributed by atoms with Crippen LogP contribution in [0.4, 0.5) is 4.79 Å². The number of hydrogen-bond donors (Lipinski definition) is 4. The van der Waals surface area contributed by atoms with Gasteiger partial charge >= 0.3 is 12.0 Å². The summed E-state index contributed by atoms with van der Waals surface area (Å²) in [7, 11) is 0. The lowest BCUT2D eigenvalue weighted by Crippen LogP contribution is -2.43. The van der Waals surface area contributed by atoms with Crippen LogP contribution >= 0.6 is 0 Å². The normalized spacial score (nSPS) is 19.1. The Balaban J connectivity index is 2.09. The van der Waals surface area contributed by atoms with Crippen LogP contribution in [0.3, 0.4) is 0 Å². The van der Waals surface area contributed by atoms with E-state index in [1.807, 2.05) is 6.92 Å². The number of nitrogens with one attached hydrogen (secondary N) is 2. The number of aliphatic carboxylic acids is 1. The van der Waals surface area contributed by atoms with Gasteiger partial charge in [0.05, 0.1) is 0 Å². The summed E-state index contributed by atoms with van der Waals surface area (Å²) in [5.41, 5.74) is -0.0878. The number of carbonyl (C=O) groups is 2. The van der Waals surface area contributed by atoms with Crippen LogP contribution in [0.2, 0.25) is 0 Å². The van der Waals surface area contributed by atoms with Gasteiger partial charge in [-0.05, 0) is 19.8 Å². The lowest BCUT2D eigenvalue weighted by atomic mass is 10.2. The van der Waals surface area contributed by atoms with Gasteiger partial charge < -0.3 is 20.8 Å². The van der Waals surface area contributed by atoms with E-state index in [-0.39, 0.29) is 24.5 Å². The Bertz CT molecular complexity index is 263. The van der Waals surface area contributed by atoms with Gasteiger partial charge in [0, 0.05) is 18.5 Å². The molecule has 0 unspecified atom stereocenters. The van der Waals surface area contributed by atoms with E-state index in [9.17, 15) is 9.59 Å². The highest BCUT2D eigenvalue weighted by molar-refractivity contribution is 5.75. The van der Waals surface area contributed by atoms with E-state index in [1.165, 1.54) is 0 Å². The molecule has 1 rings (SSSR count). The van der Waals surface area contributed by atoms with Crippen molar-refractivity contribution >= 4 is 12.0 Å². The van der Waals surface area contributed by atoms with Crippen molar-refractivity contribution in [3.05, 3.63) is 0 Å². The highest BCUT2D eigenvalue weighted by atomic mass is 16.4. The van der Waals surface area contributed by atoms with Crippen LogP contribution in [0, 0.1) is 0 Å². The molecule has 0 heterocycles. The highest BCUT2D eigenvalue weighted by Crippen LogP contribution is 2.33. The van der Waals surface area contributed by atoms with Crippen molar-refractivity contribution in [2.24, 2.45) is 0 Å². The van der Waals surface area contributed by atoms with Crippen molar-refractivity contribution in [1.29, 1.82) is 0 Å². The second kappa shape index (κ2) is 4.48. The SMILES string of the molecule is CC1(NC(=O)NCC[C@H](O)C(=O)O)CC1. The van der Waals surface area contributed by atoms with E-state index in [0.717, 1.165) is 12.8 Å². The number of aliphatic hydroxyl groups is 1. The Labute approximate surface area is 87.7 Å². The van der Waals surface area contributed by atoms with Crippen LogP contribution in [0.25, 0.3) is 0 Å². The maximum absolute atomic E-state index is 11.2. The molecule has 2 amide bonds. The molecule has 0 saturated heterocycles. The monoisotopic (exact) mass is 216 g/mol. The number of carbonyl (C=O) groups excluding carboxylic acids is 1. The summed E-state index contributed by atoms with van der Waals surface area (Å²) >= 11 is 0. The molecule has 15 heavy (non-hydrogen) atoms. The predicted molar refractivity (Wildman–Crippen MR) is 52.4 cm³/mol. The highest BCUT2D eigenvalue weighted by Gasteiger charge is 2.38. The fourth-order valence-electron chi connectivity index (χ4n) is 1.08. The minimum Gasteiger partial charge on any atom is -0.479 e. The van der Waals surface area contributed by atoms with Crippen LogP contribution in [0.15, 0.2) is 0 Å². The molecule has 1 aliphatic rings. The second-order valence-corrected chi connectivity index (χ2v) is 4.08. The molecule has 1 fully saturated rings. The maximum Gasteiger partial charge on any atom is 0.332 e. The van der Waals surface area contributed by atoms with Crippen molar-refractivity contribution in [3.63, 3.8) is 0 Å². The van der Waals surface area contributed by atoms with Gasteiger partial charge in [-0.1, -0.05) is 0 Å². The lowest BCUT2D eigenvalue weighted by molar-refractivity contribution is -0.146. The fourth-order valence-corrected chi connectivity index (χ4v) is 1.08. The van der Waals surface area contributed by atoms with Crippen LogP contribution < -0.4 is 10.6 Å². The zero-order valence-electron chi connectivity index (χ0n) is 8.62. The van der Waals surface area contributed by atoms with E-state index in [4.69, 9.17) is 10.2 Å². The molecule has 86 valence electrons. The summed E-state index contributed by atoms with van der Waals surface area (Å²) in [6, 6.07) is -0.312. The largest absolute Gasteiger partial charge is 0.479 e. The van der Waals surface area contributed by atoms with E-state index in [1.54, 1.807) is 0 Å². The number of hydrogen-bond acceptors (Lipinski definition) is 3. The molecular weight excluding hydrogens is 200 g/mol. The van der Waals surface area contributed by atoms with E-state index in [0.29, 0.717) is 0 Å². The topological polar surface area (TPSA) is 98.7 Å². The average Bonchev–Trinajstić information content (AvgIpc) is 2.82. The molecule has 0 aromatic carbocycles. The van der Waals surface area contributed by atoms with Crippen LogP contribution in [0.1, 0.15) is 26.2 Å². The zero-order valence-corrected chi connectivity index (χ0v) is 8.62. The summed E-state index contributed by atoms with van der Waals surface area (Å²) in [4.78, 5) is 21.4. The molecule has 0 bridgehead atoms. The van der Waals surface area contributed by atoms with Crippen molar-refractivity contribution in [3.8, 4) is 0 Å². The molecule has 0 aromatic heterocycles. The van der Waals surface area contributed by atoms with E-state index in [2.05, 4.69) is 10.6 Å². The molecule has 1 saturated carbocycles. The number of aliphatic hydroxyl groups excluding tert-OH is 1. The molecule has 1 atom stereocenters. The first-order valence-corrected chi connectivity index (χ1v) is 4.90. The van der Waals surface area contributed by atoms with Crippen molar-refractivity contribution in [2.75, 3.05) is 6.54 Å². The molecule has 0 aromatic rings. The van der Waals surface area contributed by atoms with Gasteiger partial charge in [0.25, 0.3) is 0 Å². The third-order valence-electron chi connectivity index (χ3n) is 2.40. The summed E-state index contributed by atoms with van der Waals surface area (Å²) in [5, 5.41) is 22.5. The number of amides is 2. The summed E-state index contributed by atoms with van der Waals surface area (Å²) in [6.07, 6.45) is 0.539. The van der Waals surface area contributed by atoms with Crippen molar-refractivity contribution < 1.29 is 19.8 Å². The first-order valence-electron chi connectivity index (χ1n) is 4.90. The predicted octanol–water partition coefficient (Wildman–Crippen LogP) is -0.326. The molecule has 4 N–H and O–H groups in total. The molecule has 6 nitrogen and oxygen atoms in total. The Kier molecular flexibility index (Phi) is 3.52. The third kappa shape index (κ3) is 4.16. The molecule has 0 aliphatic heterocycles. The minimum absolute atomic E-state index is 0.0134. The number of carboxylic acids is 1. The van der Waals surface area contributed by atoms with Crippen LogP contribution in [-0.4, -0.2) is 40.4 Å². The van der Waals surface area contributed by atoms with Gasteiger partial charge in [-0.15, -0.1) is 0 Å². The minimum atomic E-state index is -1.41. The molecule has 6 heteroatoms. The Hall–Kier alpha value is -1.30. The van der Waals surface area contributed by atoms with E-state index >= 15 is 0 Å². The third-order valence-corrected chi connectivity index (χ3v) is 2.40. The molecular formula is C9H16N2O4. The van der Waals surface area contributed by atoms with Gasteiger partial charge in [0.1, 0.15) is 0 Å². The molecule has 0 radical (unpaired) electrons. The fraction of sp³-hybridized carbons (Fsp3) is 0.778. The number of urea groups is 1. The molecule has 1 aliphatic carbocycles. The first kappa shape index (κ1) is 11.8. The van der Waals surface area contributed by atoms with Gasteiger partial charge in [0.2, 0.25) is 0 Å². The Morgan fingerprint density at radius 1 is 1.47 bits per heavy atom. The zero-order chi connectivity index (χ0) is 11.5. The van der Waals surface area contributed by atoms with Gasteiger partial charge in [-0.25, -0.2) is 9.59 Å². The smallest absolute Gasteiger partial charge is 0.332 e. The van der Waals surface area contributed by atoms with Crippen LogP contribution in [0.5, 0.6) is 0 Å². The number of carboxylic acid groups (broad SMARTS) is 1. The lowest BCUT2D eigenvalue weighted by Gasteiger charge is -2.13. The van der Waals surface area contributed by atoms with E-state index < -0.39 is 12.1 Å². The maximum atomic E-state index is 11.2. The first-order chi connectivity index (χ1) is 6.93. The van der Waals surface area contributed by atoms with Gasteiger partial charge in [-0.2, -0.15) is 0 Å². The van der Waals surface area contributed by atoms with Crippen molar-refractivity contribution in [2.45, 2.75) is 37.8 Å². The summed E-state index contributed by atoms with van der Waals surface area (Å²) < 4.78 is 0. The van der Waals surface area contributed by atoms with Crippen LogP contribution in [-0.2, 0) is 4.79 Å². The quantitative estimate of drug-likeness (QED) is 0.506. The second-order valence-electron chi connectivity index (χ2n) is 4.08. The average molecular weight is 216 g/mol. The standard InChI is InChI=1S/C9H16N2O4/c1-9(3-4-9)11-8(15)10-5-2-6(12)7(13)14/h6,12H,2-5H2,1H3,(H,13,14)(H2,10,11,15)/t6-/m0/s1. The van der Waals surface area contributed by atoms with Gasteiger partial charge in [0.15, 0.2) is 6.10 Å². The summed E-state index contributed by atoms with van der Waals surface area (Å²) in [5.74, 6) is -1.27. The summed E-state index contributed by atoms with van der Waals surface area (Å²) in [6.45, 7) is 2.09. The Morgan fingerprint density at radius 2 is 2.07 bits per heavy atom. The number of rotatable bonds is 5. The van der Waals surface area contributed by atoms with Gasteiger partial charge in [-0.3, -0.25) is 0 Å².